The summed E-state index contributed by atoms with van der Waals surface area (Å²) in [7, 11) is -3.19. The van der Waals surface area contributed by atoms with Crippen LogP contribution >= 0.6 is 0 Å². The summed E-state index contributed by atoms with van der Waals surface area (Å²) in [5.41, 5.74) is 0.719. The molecular weight excluding hydrogens is 400 g/mol. The molecule has 4 rings (SSSR count). The Hall–Kier alpha value is -1.60. The first kappa shape index (κ1) is 21.6. The predicted octanol–water partition coefficient (Wildman–Crippen LogP) is 3.58. The lowest BCUT2D eigenvalue weighted by Crippen LogP contribution is -2.52. The van der Waals surface area contributed by atoms with E-state index < -0.39 is 10.0 Å². The number of fused-ring (bicyclic) bond motifs is 1. The van der Waals surface area contributed by atoms with Crippen molar-refractivity contribution in [3.05, 3.63) is 29.8 Å². The second-order valence-corrected chi connectivity index (χ2v) is 11.3. The molecule has 1 aromatic rings. The number of hydrogen-bond donors (Lipinski definition) is 1. The van der Waals surface area contributed by atoms with E-state index >= 15 is 0 Å². The van der Waals surface area contributed by atoms with E-state index in [1.807, 2.05) is 25.1 Å². The van der Waals surface area contributed by atoms with Gasteiger partial charge in [-0.3, -0.25) is 4.79 Å². The van der Waals surface area contributed by atoms with Gasteiger partial charge in [0.2, 0.25) is 15.9 Å². The molecule has 1 spiro atoms. The molecule has 1 saturated heterocycles. The van der Waals surface area contributed by atoms with Gasteiger partial charge in [-0.15, -0.1) is 0 Å². The first-order valence-electron chi connectivity index (χ1n) is 11.5. The molecule has 2 aliphatic heterocycles. The lowest BCUT2D eigenvalue weighted by Gasteiger charge is -2.46. The number of hydrogen-bond acceptors (Lipinski definition) is 4. The van der Waals surface area contributed by atoms with E-state index in [1.165, 1.54) is 6.42 Å². The van der Waals surface area contributed by atoms with Crippen molar-refractivity contribution >= 4 is 15.9 Å². The average molecular weight is 435 g/mol. The van der Waals surface area contributed by atoms with E-state index in [9.17, 15) is 13.2 Å². The Kier molecular flexibility index (Phi) is 6.39. The number of ether oxygens (including phenoxy) is 1. The molecule has 1 unspecified atom stereocenters. The van der Waals surface area contributed by atoms with Crippen LogP contribution in [0.3, 0.4) is 0 Å². The summed E-state index contributed by atoms with van der Waals surface area (Å²) in [6.07, 6.45) is 7.53. The van der Waals surface area contributed by atoms with Crippen molar-refractivity contribution in [2.75, 3.05) is 18.8 Å². The molecule has 1 aliphatic carbocycles. The minimum absolute atomic E-state index is 0.110. The number of unbranched alkanes of at least 4 members (excludes halogenated alkanes) is 1. The molecular formula is C23H34N2O4S. The van der Waals surface area contributed by atoms with Crippen LogP contribution in [0.2, 0.25) is 0 Å². The number of carbonyl (C=O) groups excluding carboxylic acids is 1. The van der Waals surface area contributed by atoms with Crippen molar-refractivity contribution < 1.29 is 17.9 Å². The lowest BCUT2D eigenvalue weighted by molar-refractivity contribution is -0.123. The highest BCUT2D eigenvalue weighted by Gasteiger charge is 2.45. The zero-order valence-corrected chi connectivity index (χ0v) is 18.8. The summed E-state index contributed by atoms with van der Waals surface area (Å²) < 4.78 is 33.3. The van der Waals surface area contributed by atoms with E-state index in [1.54, 1.807) is 4.31 Å². The third-order valence-electron chi connectivity index (χ3n) is 6.99. The number of carbonyl (C=O) groups is 1. The fourth-order valence-electron chi connectivity index (χ4n) is 4.92. The van der Waals surface area contributed by atoms with Crippen LogP contribution in [0, 0.1) is 0 Å². The molecule has 0 aromatic heterocycles. The van der Waals surface area contributed by atoms with Crippen LogP contribution in [-0.2, 0) is 14.8 Å². The first-order valence-corrected chi connectivity index (χ1v) is 13.1. The fraction of sp³-hybridized carbons (Fsp3) is 0.696. The van der Waals surface area contributed by atoms with Gasteiger partial charge in [0.1, 0.15) is 11.4 Å². The Morgan fingerprint density at radius 1 is 1.23 bits per heavy atom. The Morgan fingerprint density at radius 3 is 2.63 bits per heavy atom. The van der Waals surface area contributed by atoms with Crippen molar-refractivity contribution in [3.63, 3.8) is 0 Å². The van der Waals surface area contributed by atoms with Crippen LogP contribution < -0.4 is 10.1 Å². The molecule has 1 amide bonds. The second kappa shape index (κ2) is 8.87. The molecule has 1 aromatic carbocycles. The third-order valence-corrected chi connectivity index (χ3v) is 8.95. The summed E-state index contributed by atoms with van der Waals surface area (Å²) in [4.78, 5) is 12.6. The lowest BCUT2D eigenvalue weighted by atomic mass is 9.76. The van der Waals surface area contributed by atoms with Crippen LogP contribution in [0.5, 0.6) is 5.75 Å². The summed E-state index contributed by atoms with van der Waals surface area (Å²) >= 11 is 0. The molecule has 1 N–H and O–H groups in total. The largest absolute Gasteiger partial charge is 0.487 e. The van der Waals surface area contributed by atoms with E-state index in [4.69, 9.17) is 4.74 Å². The third kappa shape index (κ3) is 4.67. The van der Waals surface area contributed by atoms with Crippen molar-refractivity contribution in [1.82, 2.24) is 9.62 Å². The number of nitrogens with one attached hydrogen (secondary N) is 1. The minimum atomic E-state index is -3.19. The maximum Gasteiger partial charge on any atom is 0.220 e. The van der Waals surface area contributed by atoms with Crippen LogP contribution in [0.25, 0.3) is 0 Å². The van der Waals surface area contributed by atoms with Crippen LogP contribution in [-0.4, -0.2) is 49.1 Å². The molecule has 7 heteroatoms. The van der Waals surface area contributed by atoms with Crippen LogP contribution in [0.1, 0.15) is 76.2 Å². The van der Waals surface area contributed by atoms with Gasteiger partial charge in [-0.05, 0) is 43.7 Å². The Labute approximate surface area is 180 Å². The zero-order valence-electron chi connectivity index (χ0n) is 17.9. The van der Waals surface area contributed by atoms with E-state index in [2.05, 4.69) is 11.4 Å². The van der Waals surface area contributed by atoms with Crippen LogP contribution in [0.4, 0.5) is 0 Å². The molecule has 2 heterocycles. The predicted molar refractivity (Wildman–Crippen MR) is 117 cm³/mol. The van der Waals surface area contributed by atoms with Gasteiger partial charge in [0, 0.05) is 44.3 Å². The van der Waals surface area contributed by atoms with E-state index in [-0.39, 0.29) is 23.2 Å². The normalized spacial score (nSPS) is 24.0. The standard InChI is InChI=1S/C23H34N2O4S/c1-2-3-15-30(27,28)25-13-11-23(12-14-25)17-18(16-22(26)24-19-7-6-8-19)20-9-4-5-10-21(20)29-23/h4-5,9-10,18-19H,2-3,6-8,11-17H2,1H3,(H,24,26). The van der Waals surface area contributed by atoms with Gasteiger partial charge in [-0.2, -0.15) is 0 Å². The summed E-state index contributed by atoms with van der Waals surface area (Å²) in [5, 5.41) is 3.17. The number of rotatable bonds is 7. The van der Waals surface area contributed by atoms with Gasteiger partial charge in [0.15, 0.2) is 0 Å². The van der Waals surface area contributed by atoms with Gasteiger partial charge >= 0.3 is 0 Å². The smallest absolute Gasteiger partial charge is 0.220 e. The van der Waals surface area contributed by atoms with Gasteiger partial charge < -0.3 is 10.1 Å². The maximum absolute atomic E-state index is 12.6. The van der Waals surface area contributed by atoms with Crippen molar-refractivity contribution in [3.8, 4) is 5.75 Å². The maximum atomic E-state index is 12.6. The highest BCUT2D eigenvalue weighted by atomic mass is 32.2. The van der Waals surface area contributed by atoms with Gasteiger partial charge in [-0.1, -0.05) is 31.5 Å². The Bertz CT molecular complexity index is 858. The number of sulfonamides is 1. The van der Waals surface area contributed by atoms with Crippen molar-refractivity contribution in [2.24, 2.45) is 0 Å². The summed E-state index contributed by atoms with van der Waals surface area (Å²) in [6.45, 7) is 3.00. The van der Waals surface area contributed by atoms with Crippen molar-refractivity contribution in [1.29, 1.82) is 0 Å². The Balaban J connectivity index is 1.45. The number of piperidine rings is 1. The highest BCUT2D eigenvalue weighted by molar-refractivity contribution is 7.89. The Morgan fingerprint density at radius 2 is 1.97 bits per heavy atom. The molecule has 6 nitrogen and oxygen atoms in total. The van der Waals surface area contributed by atoms with Crippen LogP contribution in [0.15, 0.2) is 24.3 Å². The SMILES string of the molecule is CCCCS(=O)(=O)N1CCC2(CC1)CC(CC(=O)NC1CCC1)c1ccccc1O2. The quantitative estimate of drug-likeness (QED) is 0.712. The summed E-state index contributed by atoms with van der Waals surface area (Å²) in [5.74, 6) is 1.31. The number of para-hydroxylation sites is 1. The molecule has 0 bridgehead atoms. The number of amides is 1. The monoisotopic (exact) mass is 434 g/mol. The molecule has 30 heavy (non-hydrogen) atoms. The fourth-order valence-corrected chi connectivity index (χ4v) is 6.57. The first-order chi connectivity index (χ1) is 14.4. The zero-order chi connectivity index (χ0) is 21.2. The molecule has 1 atom stereocenters. The topological polar surface area (TPSA) is 75.7 Å². The second-order valence-electron chi connectivity index (χ2n) is 9.19. The summed E-state index contributed by atoms with van der Waals surface area (Å²) in [6, 6.07) is 8.36. The molecule has 166 valence electrons. The number of benzene rings is 1. The number of nitrogens with zero attached hydrogens (tertiary/aromatic N) is 1. The van der Waals surface area contributed by atoms with Gasteiger partial charge in [-0.25, -0.2) is 12.7 Å². The van der Waals surface area contributed by atoms with Gasteiger partial charge in [0.25, 0.3) is 0 Å². The van der Waals surface area contributed by atoms with Crippen molar-refractivity contribution in [2.45, 2.75) is 82.3 Å². The molecule has 1 saturated carbocycles. The van der Waals surface area contributed by atoms with E-state index in [0.717, 1.165) is 37.0 Å². The van der Waals surface area contributed by atoms with E-state index in [0.29, 0.717) is 44.8 Å². The average Bonchev–Trinajstić information content (AvgIpc) is 2.69. The molecule has 0 radical (unpaired) electrons. The highest BCUT2D eigenvalue weighted by Crippen LogP contribution is 2.46. The van der Waals surface area contributed by atoms with Gasteiger partial charge in [0.05, 0.1) is 5.75 Å². The minimum Gasteiger partial charge on any atom is -0.487 e. The molecule has 3 aliphatic rings. The molecule has 2 fully saturated rings.